The zero-order valence-electron chi connectivity index (χ0n) is 11.1. The summed E-state index contributed by atoms with van der Waals surface area (Å²) in [5.41, 5.74) is 0.117. The van der Waals surface area contributed by atoms with Crippen LogP contribution in [0.25, 0.3) is 0 Å². The standard InChI is InChI=1S/C15H21FN2O/c16-12-5-1-2-6-13(12)17-15(11-19)8-10-18-9-4-3-7-14(15)18/h1-2,5-6,14,17,19H,3-4,7-11H2. The van der Waals surface area contributed by atoms with Gasteiger partial charge in [-0.05, 0) is 37.9 Å². The van der Waals surface area contributed by atoms with Crippen LogP contribution in [0, 0.1) is 5.82 Å². The average Bonchev–Trinajstić information content (AvgIpc) is 2.81. The third-order valence-electron chi connectivity index (χ3n) is 4.64. The number of hydrogen-bond acceptors (Lipinski definition) is 3. The number of halogens is 1. The second kappa shape index (κ2) is 5.10. The van der Waals surface area contributed by atoms with Crippen molar-refractivity contribution in [3.05, 3.63) is 30.1 Å². The molecule has 3 nitrogen and oxygen atoms in total. The predicted octanol–water partition coefficient (Wildman–Crippen LogP) is 2.23. The van der Waals surface area contributed by atoms with Crippen molar-refractivity contribution >= 4 is 5.69 Å². The zero-order chi connectivity index (χ0) is 13.3. The number of aliphatic hydroxyl groups is 1. The second-order valence-electron chi connectivity index (χ2n) is 5.72. The molecule has 1 aromatic rings. The molecule has 2 fully saturated rings. The first-order valence-corrected chi connectivity index (χ1v) is 7.13. The van der Waals surface area contributed by atoms with Crippen molar-refractivity contribution in [1.82, 2.24) is 4.90 Å². The minimum Gasteiger partial charge on any atom is -0.394 e. The van der Waals surface area contributed by atoms with Crippen LogP contribution < -0.4 is 5.32 Å². The van der Waals surface area contributed by atoms with E-state index in [2.05, 4.69) is 10.2 Å². The Bertz CT molecular complexity index is 454. The van der Waals surface area contributed by atoms with Crippen LogP contribution in [0.5, 0.6) is 0 Å². The van der Waals surface area contributed by atoms with Crippen molar-refractivity contribution in [2.75, 3.05) is 25.0 Å². The van der Waals surface area contributed by atoms with Crippen LogP contribution in [-0.2, 0) is 0 Å². The van der Waals surface area contributed by atoms with Gasteiger partial charge in [0.05, 0.1) is 17.8 Å². The number of fused-ring (bicyclic) bond motifs is 1. The Morgan fingerprint density at radius 1 is 1.32 bits per heavy atom. The molecule has 2 aliphatic rings. The predicted molar refractivity (Wildman–Crippen MR) is 73.7 cm³/mol. The molecular weight excluding hydrogens is 243 g/mol. The highest BCUT2D eigenvalue weighted by Crippen LogP contribution is 2.37. The average molecular weight is 264 g/mol. The molecule has 104 valence electrons. The molecule has 19 heavy (non-hydrogen) atoms. The van der Waals surface area contributed by atoms with Crippen molar-refractivity contribution in [1.29, 1.82) is 0 Å². The summed E-state index contributed by atoms with van der Waals surface area (Å²) in [6.07, 6.45) is 4.39. The van der Waals surface area contributed by atoms with Crippen LogP contribution >= 0.6 is 0 Å². The molecule has 0 aromatic heterocycles. The van der Waals surface area contributed by atoms with Gasteiger partial charge in [0, 0.05) is 12.6 Å². The fraction of sp³-hybridized carbons (Fsp3) is 0.600. The summed E-state index contributed by atoms with van der Waals surface area (Å²) in [5.74, 6) is -0.246. The highest BCUT2D eigenvalue weighted by molar-refractivity contribution is 5.48. The van der Waals surface area contributed by atoms with Gasteiger partial charge in [-0.3, -0.25) is 4.90 Å². The van der Waals surface area contributed by atoms with E-state index in [1.807, 2.05) is 6.07 Å². The molecule has 2 N–H and O–H groups in total. The largest absolute Gasteiger partial charge is 0.394 e. The van der Waals surface area contributed by atoms with Gasteiger partial charge >= 0.3 is 0 Å². The molecule has 0 saturated carbocycles. The van der Waals surface area contributed by atoms with Crippen molar-refractivity contribution in [2.45, 2.75) is 37.3 Å². The molecule has 2 atom stereocenters. The summed E-state index contributed by atoms with van der Waals surface area (Å²) in [6.45, 7) is 2.15. The van der Waals surface area contributed by atoms with Gasteiger partial charge in [0.25, 0.3) is 0 Å². The van der Waals surface area contributed by atoms with Gasteiger partial charge in [0.1, 0.15) is 5.82 Å². The summed E-state index contributed by atoms with van der Waals surface area (Å²) in [4.78, 5) is 2.44. The fourth-order valence-corrected chi connectivity index (χ4v) is 3.59. The number of aliphatic hydroxyl groups excluding tert-OH is 1. The summed E-state index contributed by atoms with van der Waals surface area (Å²) in [5, 5.41) is 13.2. The minimum absolute atomic E-state index is 0.0580. The smallest absolute Gasteiger partial charge is 0.146 e. The van der Waals surface area contributed by atoms with E-state index in [1.165, 1.54) is 18.9 Å². The summed E-state index contributed by atoms with van der Waals surface area (Å²) in [6, 6.07) is 7.04. The second-order valence-corrected chi connectivity index (χ2v) is 5.72. The molecule has 0 amide bonds. The number of para-hydroxylation sites is 1. The summed E-state index contributed by atoms with van der Waals surface area (Å²) in [7, 11) is 0. The van der Waals surface area contributed by atoms with E-state index < -0.39 is 0 Å². The molecule has 2 aliphatic heterocycles. The van der Waals surface area contributed by atoms with Gasteiger partial charge in [-0.25, -0.2) is 4.39 Å². The van der Waals surface area contributed by atoms with Gasteiger partial charge in [0.2, 0.25) is 0 Å². The monoisotopic (exact) mass is 264 g/mol. The van der Waals surface area contributed by atoms with Crippen molar-refractivity contribution in [3.63, 3.8) is 0 Å². The Kier molecular flexibility index (Phi) is 3.46. The number of nitrogens with one attached hydrogen (secondary N) is 1. The molecular formula is C15H21FN2O. The van der Waals surface area contributed by atoms with Crippen LogP contribution in [-0.4, -0.2) is 41.3 Å². The lowest BCUT2D eigenvalue weighted by molar-refractivity contribution is 0.123. The first-order chi connectivity index (χ1) is 9.25. The van der Waals surface area contributed by atoms with Gasteiger partial charge in [0.15, 0.2) is 0 Å². The number of benzene rings is 1. The lowest BCUT2D eigenvalue weighted by Crippen LogP contribution is -2.54. The maximum Gasteiger partial charge on any atom is 0.146 e. The highest BCUT2D eigenvalue weighted by atomic mass is 19.1. The third-order valence-corrected chi connectivity index (χ3v) is 4.64. The molecule has 2 unspecified atom stereocenters. The molecule has 2 heterocycles. The molecule has 2 saturated heterocycles. The van der Waals surface area contributed by atoms with Gasteiger partial charge in [-0.2, -0.15) is 0 Å². The minimum atomic E-state index is -0.386. The Labute approximate surface area is 113 Å². The number of hydrogen-bond donors (Lipinski definition) is 2. The zero-order valence-corrected chi connectivity index (χ0v) is 11.1. The topological polar surface area (TPSA) is 35.5 Å². The molecule has 4 heteroatoms. The Balaban J connectivity index is 1.85. The molecule has 0 aliphatic carbocycles. The molecule has 1 aromatic carbocycles. The first kappa shape index (κ1) is 12.9. The number of piperidine rings is 1. The lowest BCUT2D eigenvalue weighted by atomic mass is 9.85. The van der Waals surface area contributed by atoms with Crippen molar-refractivity contribution in [3.8, 4) is 0 Å². The van der Waals surface area contributed by atoms with E-state index >= 15 is 0 Å². The number of anilines is 1. The summed E-state index contributed by atoms with van der Waals surface area (Å²) < 4.78 is 13.8. The first-order valence-electron chi connectivity index (χ1n) is 7.13. The fourth-order valence-electron chi connectivity index (χ4n) is 3.59. The third kappa shape index (κ3) is 2.23. The van der Waals surface area contributed by atoms with E-state index in [0.717, 1.165) is 25.9 Å². The Morgan fingerprint density at radius 2 is 2.16 bits per heavy atom. The molecule has 3 rings (SSSR count). The molecule has 0 radical (unpaired) electrons. The van der Waals surface area contributed by atoms with Crippen molar-refractivity contribution < 1.29 is 9.50 Å². The van der Waals surface area contributed by atoms with Crippen LogP contribution in [0.4, 0.5) is 10.1 Å². The summed E-state index contributed by atoms with van der Waals surface area (Å²) >= 11 is 0. The van der Waals surface area contributed by atoms with E-state index in [1.54, 1.807) is 12.1 Å². The Morgan fingerprint density at radius 3 is 2.95 bits per heavy atom. The van der Waals surface area contributed by atoms with E-state index in [4.69, 9.17) is 0 Å². The quantitative estimate of drug-likeness (QED) is 0.879. The van der Waals surface area contributed by atoms with Crippen LogP contribution in [0.2, 0.25) is 0 Å². The molecule has 0 bridgehead atoms. The van der Waals surface area contributed by atoms with E-state index in [0.29, 0.717) is 11.7 Å². The SMILES string of the molecule is OCC1(Nc2ccccc2F)CCN2CCCCC21. The Hall–Kier alpha value is -1.13. The van der Waals surface area contributed by atoms with Crippen LogP contribution in [0.3, 0.4) is 0 Å². The van der Waals surface area contributed by atoms with Gasteiger partial charge in [-0.1, -0.05) is 18.6 Å². The van der Waals surface area contributed by atoms with Gasteiger partial charge in [-0.15, -0.1) is 0 Å². The van der Waals surface area contributed by atoms with Crippen LogP contribution in [0.1, 0.15) is 25.7 Å². The maximum atomic E-state index is 13.8. The normalized spacial score (nSPS) is 31.2. The van der Waals surface area contributed by atoms with E-state index in [9.17, 15) is 9.50 Å². The number of nitrogens with zero attached hydrogens (tertiary/aromatic N) is 1. The van der Waals surface area contributed by atoms with E-state index in [-0.39, 0.29) is 18.0 Å². The van der Waals surface area contributed by atoms with Crippen LogP contribution in [0.15, 0.2) is 24.3 Å². The number of rotatable bonds is 3. The highest BCUT2D eigenvalue weighted by Gasteiger charge is 2.47. The maximum absolute atomic E-state index is 13.8. The molecule has 0 spiro atoms. The van der Waals surface area contributed by atoms with Crippen molar-refractivity contribution in [2.24, 2.45) is 0 Å². The van der Waals surface area contributed by atoms with Gasteiger partial charge < -0.3 is 10.4 Å². The lowest BCUT2D eigenvalue weighted by Gasteiger charge is -2.40.